The molecule has 2 aromatic heterocycles. The molecule has 6 heteroatoms. The Bertz CT molecular complexity index is 1150. The molecule has 0 unspecified atom stereocenters. The number of hydrogen-bond donors (Lipinski definition) is 0. The van der Waals surface area contributed by atoms with E-state index in [1.54, 1.807) is 0 Å². The predicted molar refractivity (Wildman–Crippen MR) is 131 cm³/mol. The van der Waals surface area contributed by atoms with Gasteiger partial charge in [0.15, 0.2) is 5.17 Å². The number of aliphatic imine (C=N–C) groups is 1. The molecule has 0 spiro atoms. The first-order chi connectivity index (χ1) is 15.0. The number of pyridine rings is 1. The summed E-state index contributed by atoms with van der Waals surface area (Å²) < 4.78 is 2.34. The molecule has 0 amide bonds. The molecule has 0 saturated carbocycles. The summed E-state index contributed by atoms with van der Waals surface area (Å²) in [6, 6.07) is 15.3. The molecule has 1 fully saturated rings. The van der Waals surface area contributed by atoms with Crippen LogP contribution in [0.4, 0.5) is 0 Å². The molecular weight excluding hydrogens is 424 g/mol. The van der Waals surface area contributed by atoms with Gasteiger partial charge in [-0.05, 0) is 68.7 Å². The van der Waals surface area contributed by atoms with Gasteiger partial charge < -0.3 is 9.47 Å². The maximum absolute atomic E-state index is 6.47. The molecule has 0 aliphatic carbocycles. The number of thioether (sulfide) groups is 1. The number of halogens is 1. The van der Waals surface area contributed by atoms with E-state index >= 15 is 0 Å². The Balaban J connectivity index is 1.66. The van der Waals surface area contributed by atoms with Crippen LogP contribution in [0.3, 0.4) is 0 Å². The van der Waals surface area contributed by atoms with E-state index in [0.29, 0.717) is 6.04 Å². The summed E-state index contributed by atoms with van der Waals surface area (Å²) in [5.74, 6) is 1.10. The van der Waals surface area contributed by atoms with Gasteiger partial charge >= 0.3 is 0 Å². The number of hydrogen-bond acceptors (Lipinski definition) is 4. The lowest BCUT2D eigenvalue weighted by molar-refractivity contribution is 0.254. The van der Waals surface area contributed by atoms with E-state index in [-0.39, 0.29) is 12.1 Å². The van der Waals surface area contributed by atoms with Crippen LogP contribution in [-0.4, -0.2) is 31.4 Å². The van der Waals surface area contributed by atoms with Gasteiger partial charge in [-0.1, -0.05) is 42.4 Å². The molecule has 5 rings (SSSR count). The van der Waals surface area contributed by atoms with Crippen molar-refractivity contribution in [2.24, 2.45) is 4.99 Å². The zero-order valence-corrected chi connectivity index (χ0v) is 19.9. The number of rotatable bonds is 4. The quantitative estimate of drug-likeness (QED) is 0.459. The average Bonchev–Trinajstić information content (AvgIpc) is 3.42. The van der Waals surface area contributed by atoms with E-state index in [2.05, 4.69) is 61.4 Å². The van der Waals surface area contributed by atoms with Crippen LogP contribution in [-0.2, 0) is 0 Å². The summed E-state index contributed by atoms with van der Waals surface area (Å²) in [6.07, 6.45) is 2.99. The highest BCUT2D eigenvalue weighted by molar-refractivity contribution is 8.14. The van der Waals surface area contributed by atoms with E-state index in [4.69, 9.17) is 21.6 Å². The SMILES string of the molecule is CC[C@@H]1CSC2=N[C@H](c3ccccn3)[C@H](c3cc(C)n(-c4cccc(Cl)c4C)c3C)N21. The summed E-state index contributed by atoms with van der Waals surface area (Å²) in [5, 5.41) is 1.96. The molecule has 0 bridgehead atoms. The first kappa shape index (κ1) is 20.7. The number of benzene rings is 1. The fraction of sp³-hybridized carbons (Fsp3) is 0.360. The first-order valence-electron chi connectivity index (χ1n) is 10.9. The number of fused-ring (bicyclic) bond motifs is 1. The highest BCUT2D eigenvalue weighted by Crippen LogP contribution is 2.50. The van der Waals surface area contributed by atoms with Gasteiger partial charge in [0.05, 0.1) is 11.7 Å². The van der Waals surface area contributed by atoms with Gasteiger partial charge in [0.1, 0.15) is 6.04 Å². The number of aryl methyl sites for hydroxylation is 1. The summed E-state index contributed by atoms with van der Waals surface area (Å²) in [4.78, 5) is 12.4. The van der Waals surface area contributed by atoms with Crippen molar-refractivity contribution >= 4 is 28.5 Å². The van der Waals surface area contributed by atoms with Crippen molar-refractivity contribution in [2.75, 3.05) is 5.75 Å². The van der Waals surface area contributed by atoms with Crippen LogP contribution in [0, 0.1) is 20.8 Å². The second-order valence-corrected chi connectivity index (χ2v) is 9.78. The van der Waals surface area contributed by atoms with E-state index in [1.165, 1.54) is 17.0 Å². The second kappa shape index (κ2) is 8.03. The minimum Gasteiger partial charge on any atom is -0.338 e. The van der Waals surface area contributed by atoms with Crippen LogP contribution in [0.1, 0.15) is 53.6 Å². The Labute approximate surface area is 193 Å². The molecule has 4 heterocycles. The summed E-state index contributed by atoms with van der Waals surface area (Å²) >= 11 is 8.35. The lowest BCUT2D eigenvalue weighted by Crippen LogP contribution is -2.35. The average molecular weight is 451 g/mol. The first-order valence-corrected chi connectivity index (χ1v) is 12.2. The van der Waals surface area contributed by atoms with E-state index < -0.39 is 0 Å². The molecule has 0 N–H and O–H groups in total. The van der Waals surface area contributed by atoms with Gasteiger partial charge in [-0.25, -0.2) is 0 Å². The van der Waals surface area contributed by atoms with Crippen LogP contribution in [0.5, 0.6) is 0 Å². The van der Waals surface area contributed by atoms with Crippen LogP contribution < -0.4 is 0 Å². The van der Waals surface area contributed by atoms with Crippen molar-refractivity contribution in [1.82, 2.24) is 14.5 Å². The van der Waals surface area contributed by atoms with Crippen molar-refractivity contribution < 1.29 is 0 Å². The maximum atomic E-state index is 6.47. The summed E-state index contributed by atoms with van der Waals surface area (Å²) in [5.41, 5.74) is 7.07. The van der Waals surface area contributed by atoms with Crippen molar-refractivity contribution in [2.45, 2.75) is 52.2 Å². The van der Waals surface area contributed by atoms with Crippen LogP contribution in [0.2, 0.25) is 5.02 Å². The molecule has 0 radical (unpaired) electrons. The third-order valence-electron chi connectivity index (χ3n) is 6.60. The van der Waals surface area contributed by atoms with Crippen molar-refractivity contribution in [3.63, 3.8) is 0 Å². The smallest absolute Gasteiger partial charge is 0.160 e. The van der Waals surface area contributed by atoms with Gasteiger partial charge in [-0.3, -0.25) is 9.98 Å². The molecule has 4 nitrogen and oxygen atoms in total. The Morgan fingerprint density at radius 3 is 2.71 bits per heavy atom. The Kier molecular flexibility index (Phi) is 5.35. The Morgan fingerprint density at radius 1 is 1.13 bits per heavy atom. The molecular formula is C25H27ClN4S. The summed E-state index contributed by atoms with van der Waals surface area (Å²) in [6.45, 7) is 8.77. The minimum absolute atomic E-state index is 0.00691. The van der Waals surface area contributed by atoms with Gasteiger partial charge in [-0.2, -0.15) is 0 Å². The Hall–Kier alpha value is -2.24. The normalized spacial score (nSPS) is 22.7. The van der Waals surface area contributed by atoms with E-state index in [9.17, 15) is 0 Å². The van der Waals surface area contributed by atoms with E-state index in [0.717, 1.165) is 39.3 Å². The van der Waals surface area contributed by atoms with Gasteiger partial charge in [0.2, 0.25) is 0 Å². The highest BCUT2D eigenvalue weighted by atomic mass is 35.5. The fourth-order valence-corrected chi connectivity index (χ4v) is 6.49. The number of amidine groups is 1. The fourth-order valence-electron chi connectivity index (χ4n) is 4.98. The largest absolute Gasteiger partial charge is 0.338 e. The molecule has 1 aromatic carbocycles. The summed E-state index contributed by atoms with van der Waals surface area (Å²) in [7, 11) is 0. The molecule has 1 saturated heterocycles. The third kappa shape index (κ3) is 3.30. The standard InChI is InChI=1S/C25H27ClN4S/c1-5-18-14-31-25-28-23(21-10-6-7-12-27-21)24(30(18)25)19-13-15(2)29(17(19)4)22-11-8-9-20(26)16(22)3/h6-13,18,23-24H,5,14H2,1-4H3/t18-,23-,24+/m1/s1. The molecule has 31 heavy (non-hydrogen) atoms. The predicted octanol–water partition coefficient (Wildman–Crippen LogP) is 6.43. The monoisotopic (exact) mass is 450 g/mol. The molecule has 2 aliphatic heterocycles. The molecule has 3 atom stereocenters. The third-order valence-corrected chi connectivity index (χ3v) is 8.13. The molecule has 2 aliphatic rings. The van der Waals surface area contributed by atoms with E-state index in [1.807, 2.05) is 36.2 Å². The zero-order valence-electron chi connectivity index (χ0n) is 18.3. The number of nitrogens with zero attached hydrogens (tertiary/aromatic N) is 4. The van der Waals surface area contributed by atoms with Crippen molar-refractivity contribution in [1.29, 1.82) is 0 Å². The lowest BCUT2D eigenvalue weighted by atomic mass is 9.95. The van der Waals surface area contributed by atoms with Gasteiger partial charge in [0.25, 0.3) is 0 Å². The van der Waals surface area contributed by atoms with Crippen LogP contribution >= 0.6 is 23.4 Å². The second-order valence-electron chi connectivity index (χ2n) is 8.38. The molecule has 160 valence electrons. The topological polar surface area (TPSA) is 33.4 Å². The van der Waals surface area contributed by atoms with Crippen LogP contribution in [0.15, 0.2) is 53.7 Å². The molecule has 3 aromatic rings. The maximum Gasteiger partial charge on any atom is 0.160 e. The lowest BCUT2D eigenvalue weighted by Gasteiger charge is -2.32. The Morgan fingerprint density at radius 2 is 1.97 bits per heavy atom. The highest BCUT2D eigenvalue weighted by Gasteiger charge is 2.46. The van der Waals surface area contributed by atoms with Crippen molar-refractivity contribution in [3.8, 4) is 5.69 Å². The van der Waals surface area contributed by atoms with Crippen molar-refractivity contribution in [3.05, 3.63) is 81.9 Å². The van der Waals surface area contributed by atoms with Crippen LogP contribution in [0.25, 0.3) is 5.69 Å². The van der Waals surface area contributed by atoms with Gasteiger partial charge in [0, 0.05) is 40.1 Å². The zero-order chi connectivity index (χ0) is 21.7. The number of aromatic nitrogens is 2. The van der Waals surface area contributed by atoms with Gasteiger partial charge in [-0.15, -0.1) is 0 Å². The minimum atomic E-state index is 0.00691.